The van der Waals surface area contributed by atoms with Gasteiger partial charge in [-0.15, -0.1) is 11.3 Å². The van der Waals surface area contributed by atoms with E-state index in [0.717, 1.165) is 35.9 Å². The number of rotatable bonds is 2. The van der Waals surface area contributed by atoms with E-state index < -0.39 is 0 Å². The third-order valence-electron chi connectivity index (χ3n) is 4.06. The fourth-order valence-electron chi connectivity index (χ4n) is 3.10. The van der Waals surface area contributed by atoms with Crippen molar-refractivity contribution in [2.75, 3.05) is 6.61 Å². The summed E-state index contributed by atoms with van der Waals surface area (Å²) in [6.45, 7) is 2.21. The number of ether oxygens (including phenoxy) is 1. The molecule has 0 spiro atoms. The van der Waals surface area contributed by atoms with Gasteiger partial charge in [0.2, 0.25) is 0 Å². The molecule has 120 valence electrons. The highest BCUT2D eigenvalue weighted by Crippen LogP contribution is 2.41. The zero-order valence-electron chi connectivity index (χ0n) is 12.7. The summed E-state index contributed by atoms with van der Waals surface area (Å²) in [7, 11) is 0. The van der Waals surface area contributed by atoms with E-state index in [1.54, 1.807) is 0 Å². The molecule has 0 saturated heterocycles. The van der Waals surface area contributed by atoms with Crippen LogP contribution in [-0.4, -0.2) is 12.6 Å². The minimum Gasteiger partial charge on any atom is -0.462 e. The summed E-state index contributed by atoms with van der Waals surface area (Å²) in [5, 5.41) is 8.64. The summed E-state index contributed by atoms with van der Waals surface area (Å²) in [5.41, 5.74) is 0. The smallest absolute Gasteiger partial charge is 0.348 e. The minimum absolute atomic E-state index is 0.252. The second-order valence-corrected chi connectivity index (χ2v) is 8.16. The van der Waals surface area contributed by atoms with E-state index in [0.29, 0.717) is 11.5 Å². The van der Waals surface area contributed by atoms with Crippen LogP contribution in [0.4, 0.5) is 0 Å². The lowest BCUT2D eigenvalue weighted by molar-refractivity contribution is 0.0534. The Bertz CT molecular complexity index is 1110. The Morgan fingerprint density at radius 2 is 1.58 bits per heavy atom. The third-order valence-corrected chi connectivity index (χ3v) is 6.01. The average Bonchev–Trinajstić information content (AvgIpc) is 3.00. The van der Waals surface area contributed by atoms with Crippen LogP contribution in [0.15, 0.2) is 50.7 Å². The molecule has 0 N–H and O–H groups in total. The van der Waals surface area contributed by atoms with E-state index >= 15 is 0 Å². The first-order valence-corrected chi connectivity index (χ1v) is 9.95. The molecule has 1 heterocycles. The van der Waals surface area contributed by atoms with E-state index in [1.807, 2.05) is 19.1 Å². The van der Waals surface area contributed by atoms with Crippen molar-refractivity contribution in [1.29, 1.82) is 0 Å². The maximum Gasteiger partial charge on any atom is 0.348 e. The Kier molecular flexibility index (Phi) is 4.11. The Labute approximate surface area is 159 Å². The zero-order valence-corrected chi connectivity index (χ0v) is 16.7. The molecule has 0 amide bonds. The van der Waals surface area contributed by atoms with E-state index in [1.165, 1.54) is 16.7 Å². The van der Waals surface area contributed by atoms with Gasteiger partial charge in [-0.05, 0) is 52.7 Å². The lowest BCUT2D eigenvalue weighted by Crippen LogP contribution is -2.02. The lowest BCUT2D eigenvalue weighted by atomic mass is 9.96. The van der Waals surface area contributed by atoms with Crippen LogP contribution in [0.1, 0.15) is 16.6 Å². The summed E-state index contributed by atoms with van der Waals surface area (Å²) >= 11 is 8.58. The number of carbonyl (C=O) groups excluding carboxylic acids is 1. The normalized spacial score (nSPS) is 11.5. The van der Waals surface area contributed by atoms with Crippen LogP contribution in [0.5, 0.6) is 0 Å². The van der Waals surface area contributed by atoms with Gasteiger partial charge in [-0.25, -0.2) is 4.79 Å². The predicted octanol–water partition coefficient (Wildman–Crippen LogP) is 6.91. The van der Waals surface area contributed by atoms with Crippen molar-refractivity contribution in [2.45, 2.75) is 6.92 Å². The van der Waals surface area contributed by atoms with E-state index in [2.05, 4.69) is 61.5 Å². The fraction of sp³-hybridized carbons (Fsp3) is 0.105. The maximum absolute atomic E-state index is 12.4. The third kappa shape index (κ3) is 2.46. The predicted molar refractivity (Wildman–Crippen MR) is 108 cm³/mol. The number of hydrogen-bond acceptors (Lipinski definition) is 3. The monoisotopic (exact) mass is 462 g/mol. The highest BCUT2D eigenvalue weighted by molar-refractivity contribution is 9.10. The van der Waals surface area contributed by atoms with Gasteiger partial charge in [0.05, 0.1) is 6.61 Å². The molecule has 0 radical (unpaired) electrons. The molecule has 0 fully saturated rings. The first-order valence-electron chi connectivity index (χ1n) is 7.49. The molecule has 0 atom stereocenters. The molecule has 1 aromatic heterocycles. The topological polar surface area (TPSA) is 26.3 Å². The second kappa shape index (κ2) is 6.14. The van der Waals surface area contributed by atoms with E-state index in [9.17, 15) is 4.79 Å². The van der Waals surface area contributed by atoms with Gasteiger partial charge in [0, 0.05) is 25.1 Å². The van der Waals surface area contributed by atoms with Gasteiger partial charge in [0.25, 0.3) is 0 Å². The highest BCUT2D eigenvalue weighted by Gasteiger charge is 2.19. The number of fused-ring (bicyclic) bond motifs is 6. The minimum atomic E-state index is -0.252. The molecule has 0 saturated carbocycles. The van der Waals surface area contributed by atoms with Gasteiger partial charge >= 0.3 is 5.97 Å². The summed E-state index contributed by atoms with van der Waals surface area (Å²) < 4.78 is 7.31. The Hall–Kier alpha value is -1.43. The first-order chi connectivity index (χ1) is 11.6. The number of halogens is 2. The van der Waals surface area contributed by atoms with Gasteiger partial charge in [-0.1, -0.05) is 44.0 Å². The fourth-order valence-corrected chi connectivity index (χ4v) is 4.80. The first kappa shape index (κ1) is 16.1. The molecule has 0 bridgehead atoms. The molecule has 4 rings (SSSR count). The van der Waals surface area contributed by atoms with Crippen LogP contribution in [-0.2, 0) is 4.74 Å². The maximum atomic E-state index is 12.4. The van der Waals surface area contributed by atoms with Gasteiger partial charge in [0.15, 0.2) is 0 Å². The molecule has 5 heteroatoms. The number of benzene rings is 3. The molecule has 4 aromatic rings. The van der Waals surface area contributed by atoms with Gasteiger partial charge in [0.1, 0.15) is 4.88 Å². The molecule has 0 aliphatic carbocycles. The van der Waals surface area contributed by atoms with Crippen molar-refractivity contribution in [2.24, 2.45) is 0 Å². The van der Waals surface area contributed by atoms with Crippen LogP contribution in [0.25, 0.3) is 32.3 Å². The number of esters is 1. The standard InChI is InChI=1S/C19H12Br2O2S/c1-2-23-19(22)18-17-13-6-4-11(21)8-15(13)14-7-10(20)3-5-12(14)16(17)9-24-18/h3-9H,2H2,1H3. The van der Waals surface area contributed by atoms with Crippen molar-refractivity contribution < 1.29 is 9.53 Å². The SMILES string of the molecule is CCOC(=O)c1scc2c3ccc(Br)cc3c3cc(Br)ccc3c12. The van der Waals surface area contributed by atoms with E-state index in [4.69, 9.17) is 4.74 Å². The van der Waals surface area contributed by atoms with Crippen molar-refractivity contribution in [1.82, 2.24) is 0 Å². The van der Waals surface area contributed by atoms with Crippen molar-refractivity contribution in [3.05, 3.63) is 55.6 Å². The summed E-state index contributed by atoms with van der Waals surface area (Å²) in [4.78, 5) is 13.1. The van der Waals surface area contributed by atoms with Crippen molar-refractivity contribution in [3.63, 3.8) is 0 Å². The molecule has 0 aliphatic heterocycles. The summed E-state index contributed by atoms with van der Waals surface area (Å²) in [6, 6.07) is 12.5. The van der Waals surface area contributed by atoms with Gasteiger partial charge in [-0.2, -0.15) is 0 Å². The number of thiophene rings is 1. The average molecular weight is 464 g/mol. The molecule has 0 unspecified atom stereocenters. The van der Waals surface area contributed by atoms with Crippen LogP contribution in [0, 0.1) is 0 Å². The summed E-state index contributed by atoms with van der Waals surface area (Å²) in [5.74, 6) is -0.252. The molecule has 0 aliphatic rings. The zero-order chi connectivity index (χ0) is 16.8. The Morgan fingerprint density at radius 1 is 0.958 bits per heavy atom. The molecule has 3 aromatic carbocycles. The van der Waals surface area contributed by atoms with Crippen molar-refractivity contribution >= 4 is 81.5 Å². The van der Waals surface area contributed by atoms with Crippen LogP contribution >= 0.6 is 43.2 Å². The van der Waals surface area contributed by atoms with Gasteiger partial charge in [-0.3, -0.25) is 0 Å². The second-order valence-electron chi connectivity index (χ2n) is 5.45. The largest absolute Gasteiger partial charge is 0.462 e. The number of carbonyl (C=O) groups is 1. The van der Waals surface area contributed by atoms with E-state index in [-0.39, 0.29) is 5.97 Å². The Morgan fingerprint density at radius 3 is 2.25 bits per heavy atom. The molecular formula is C19H12Br2O2S. The van der Waals surface area contributed by atoms with Crippen LogP contribution in [0.3, 0.4) is 0 Å². The van der Waals surface area contributed by atoms with Crippen LogP contribution < -0.4 is 0 Å². The quantitative estimate of drug-likeness (QED) is 0.238. The van der Waals surface area contributed by atoms with Gasteiger partial charge < -0.3 is 4.74 Å². The van der Waals surface area contributed by atoms with Crippen molar-refractivity contribution in [3.8, 4) is 0 Å². The summed E-state index contributed by atoms with van der Waals surface area (Å²) in [6.07, 6.45) is 0. The molecular weight excluding hydrogens is 452 g/mol. The molecule has 2 nitrogen and oxygen atoms in total. The highest BCUT2D eigenvalue weighted by atomic mass is 79.9. The molecule has 24 heavy (non-hydrogen) atoms. The number of hydrogen-bond donors (Lipinski definition) is 0. The lowest BCUT2D eigenvalue weighted by Gasteiger charge is -2.10. The Balaban J connectivity index is 2.23. The van der Waals surface area contributed by atoms with Crippen LogP contribution in [0.2, 0.25) is 0 Å².